The average Bonchev–Trinajstić information content (AvgIpc) is 3.25. The van der Waals surface area contributed by atoms with Gasteiger partial charge in [0.15, 0.2) is 0 Å². The number of aromatic nitrogens is 1. The number of fused-ring (bicyclic) bond motifs is 3. The highest BCUT2D eigenvalue weighted by molar-refractivity contribution is 5.81. The van der Waals surface area contributed by atoms with Gasteiger partial charge in [0, 0.05) is 37.6 Å². The van der Waals surface area contributed by atoms with Crippen molar-refractivity contribution in [3.63, 3.8) is 0 Å². The second kappa shape index (κ2) is 8.36. The van der Waals surface area contributed by atoms with Gasteiger partial charge in [-0.3, -0.25) is 9.78 Å². The zero-order valence-corrected chi connectivity index (χ0v) is 18.0. The summed E-state index contributed by atoms with van der Waals surface area (Å²) in [6, 6.07) is 16.3. The van der Waals surface area contributed by atoms with Crippen molar-refractivity contribution in [3.8, 4) is 11.1 Å². The van der Waals surface area contributed by atoms with Gasteiger partial charge in [-0.25, -0.2) is 4.39 Å². The van der Waals surface area contributed by atoms with Crippen LogP contribution in [0.4, 0.5) is 10.1 Å². The minimum absolute atomic E-state index is 0.0351. The number of halogens is 1. The van der Waals surface area contributed by atoms with Crippen molar-refractivity contribution in [3.05, 3.63) is 83.9 Å². The highest BCUT2D eigenvalue weighted by Crippen LogP contribution is 2.49. The summed E-state index contributed by atoms with van der Waals surface area (Å²) in [6.07, 6.45) is 4.57. The van der Waals surface area contributed by atoms with Gasteiger partial charge < -0.3 is 14.9 Å². The van der Waals surface area contributed by atoms with E-state index in [0.717, 1.165) is 34.4 Å². The van der Waals surface area contributed by atoms with Crippen molar-refractivity contribution in [2.45, 2.75) is 24.9 Å². The standard InChI is InChI=1S/C26H26FN3O2/c1-29-23-8-7-19(18-5-2-6-20(27)13-18)14-22(23)26-21(24(29)16-31)9-11-30(26)25(32)12-17-4-3-10-28-15-17/h2-8,10,13-15,21,24,26,31H,9,11-12,16H2,1H3/t21-,24-,26-/m0/s1. The van der Waals surface area contributed by atoms with Crippen LogP contribution in [0.15, 0.2) is 67.0 Å². The van der Waals surface area contributed by atoms with Crippen molar-refractivity contribution >= 4 is 11.6 Å². The summed E-state index contributed by atoms with van der Waals surface area (Å²) in [7, 11) is 2.00. The third kappa shape index (κ3) is 3.54. The Bertz CT molecular complexity index is 1140. The van der Waals surface area contributed by atoms with Crippen LogP contribution in [0.5, 0.6) is 0 Å². The Hall–Kier alpha value is -3.25. The third-order valence-electron chi connectivity index (χ3n) is 6.91. The molecule has 0 saturated carbocycles. The number of aliphatic hydroxyl groups excluding tert-OH is 1. The molecule has 1 aromatic heterocycles. The lowest BCUT2D eigenvalue weighted by Gasteiger charge is -2.44. The fourth-order valence-corrected chi connectivity index (χ4v) is 5.36. The van der Waals surface area contributed by atoms with Gasteiger partial charge in [0.25, 0.3) is 0 Å². The molecule has 1 amide bonds. The molecule has 0 bridgehead atoms. The first-order valence-electron chi connectivity index (χ1n) is 11.0. The molecule has 3 atom stereocenters. The van der Waals surface area contributed by atoms with Crippen LogP contribution in [0.3, 0.4) is 0 Å². The van der Waals surface area contributed by atoms with Crippen LogP contribution in [-0.4, -0.2) is 47.1 Å². The quantitative estimate of drug-likeness (QED) is 0.682. The van der Waals surface area contributed by atoms with Gasteiger partial charge >= 0.3 is 0 Å². The number of nitrogens with zero attached hydrogens (tertiary/aromatic N) is 3. The highest BCUT2D eigenvalue weighted by atomic mass is 19.1. The van der Waals surface area contributed by atoms with E-state index in [2.05, 4.69) is 16.0 Å². The molecule has 2 aromatic carbocycles. The monoisotopic (exact) mass is 431 g/mol. The molecular formula is C26H26FN3O2. The number of rotatable bonds is 4. The molecular weight excluding hydrogens is 405 g/mol. The number of anilines is 1. The number of likely N-dealkylation sites (N-methyl/N-ethyl adjacent to an activating group) is 1. The fourth-order valence-electron chi connectivity index (χ4n) is 5.36. The molecule has 5 rings (SSSR count). The smallest absolute Gasteiger partial charge is 0.227 e. The topological polar surface area (TPSA) is 56.7 Å². The fraction of sp³-hybridized carbons (Fsp3) is 0.308. The number of aliphatic hydroxyl groups is 1. The highest BCUT2D eigenvalue weighted by Gasteiger charge is 2.47. The molecule has 3 heterocycles. The summed E-state index contributed by atoms with van der Waals surface area (Å²) < 4.78 is 13.8. The summed E-state index contributed by atoms with van der Waals surface area (Å²) in [4.78, 5) is 21.5. The van der Waals surface area contributed by atoms with E-state index in [-0.39, 0.29) is 36.3 Å². The Balaban J connectivity index is 1.55. The number of hydrogen-bond donors (Lipinski definition) is 1. The van der Waals surface area contributed by atoms with Crippen molar-refractivity contribution < 1.29 is 14.3 Å². The molecule has 0 spiro atoms. The van der Waals surface area contributed by atoms with Crippen LogP contribution in [0.25, 0.3) is 11.1 Å². The first-order chi connectivity index (χ1) is 15.6. The van der Waals surface area contributed by atoms with E-state index >= 15 is 0 Å². The van der Waals surface area contributed by atoms with Crippen LogP contribution < -0.4 is 4.90 Å². The van der Waals surface area contributed by atoms with E-state index < -0.39 is 0 Å². The predicted molar refractivity (Wildman–Crippen MR) is 122 cm³/mol. The predicted octanol–water partition coefficient (Wildman–Crippen LogP) is 3.83. The van der Waals surface area contributed by atoms with Crippen molar-refractivity contribution in [2.24, 2.45) is 5.92 Å². The molecule has 2 aliphatic rings. The minimum Gasteiger partial charge on any atom is -0.394 e. The normalized spacial score (nSPS) is 21.9. The second-order valence-electron chi connectivity index (χ2n) is 8.67. The zero-order valence-electron chi connectivity index (χ0n) is 18.0. The number of benzene rings is 2. The van der Waals surface area contributed by atoms with Gasteiger partial charge in [0.2, 0.25) is 5.91 Å². The van der Waals surface area contributed by atoms with E-state index in [9.17, 15) is 14.3 Å². The van der Waals surface area contributed by atoms with Gasteiger partial charge in [0.05, 0.1) is 25.1 Å². The van der Waals surface area contributed by atoms with Gasteiger partial charge in [0.1, 0.15) is 5.82 Å². The van der Waals surface area contributed by atoms with Gasteiger partial charge in [-0.05, 0) is 59.0 Å². The molecule has 0 unspecified atom stereocenters. The Morgan fingerprint density at radius 2 is 2.00 bits per heavy atom. The van der Waals surface area contributed by atoms with E-state index in [4.69, 9.17) is 0 Å². The second-order valence-corrected chi connectivity index (χ2v) is 8.67. The molecule has 164 valence electrons. The number of amides is 1. The maximum absolute atomic E-state index is 13.8. The molecule has 1 fully saturated rings. The average molecular weight is 432 g/mol. The first kappa shape index (κ1) is 20.6. The first-order valence-corrected chi connectivity index (χ1v) is 11.0. The van der Waals surface area contributed by atoms with Crippen LogP contribution in [0.1, 0.15) is 23.6 Å². The summed E-state index contributed by atoms with van der Waals surface area (Å²) >= 11 is 0. The summed E-state index contributed by atoms with van der Waals surface area (Å²) in [5.74, 6) is -0.0725. The van der Waals surface area contributed by atoms with Crippen molar-refractivity contribution in [1.82, 2.24) is 9.88 Å². The zero-order chi connectivity index (χ0) is 22.2. The van der Waals surface area contributed by atoms with Crippen LogP contribution >= 0.6 is 0 Å². The summed E-state index contributed by atoms with van der Waals surface area (Å²) in [6.45, 7) is 0.690. The van der Waals surface area contributed by atoms with E-state index in [1.54, 1.807) is 18.5 Å². The Kier molecular flexibility index (Phi) is 5.39. The van der Waals surface area contributed by atoms with Gasteiger partial charge in [-0.1, -0.05) is 24.3 Å². The van der Waals surface area contributed by atoms with E-state index in [0.29, 0.717) is 13.0 Å². The number of carbonyl (C=O) groups is 1. The Morgan fingerprint density at radius 1 is 1.16 bits per heavy atom. The molecule has 6 heteroatoms. The molecule has 2 aliphatic heterocycles. The van der Waals surface area contributed by atoms with Gasteiger partial charge in [-0.2, -0.15) is 0 Å². The van der Waals surface area contributed by atoms with Crippen molar-refractivity contribution in [1.29, 1.82) is 0 Å². The molecule has 1 saturated heterocycles. The number of likely N-dealkylation sites (tertiary alicyclic amines) is 1. The van der Waals surface area contributed by atoms with Crippen molar-refractivity contribution in [2.75, 3.05) is 25.1 Å². The Morgan fingerprint density at radius 3 is 2.75 bits per heavy atom. The van der Waals surface area contributed by atoms with Crippen LogP contribution in [0, 0.1) is 11.7 Å². The molecule has 1 N–H and O–H groups in total. The third-order valence-corrected chi connectivity index (χ3v) is 6.91. The summed E-state index contributed by atoms with van der Waals surface area (Å²) in [5, 5.41) is 10.2. The number of pyridine rings is 1. The molecule has 0 radical (unpaired) electrons. The molecule has 0 aliphatic carbocycles. The van der Waals surface area contributed by atoms with E-state index in [1.165, 1.54) is 12.1 Å². The largest absolute Gasteiger partial charge is 0.394 e. The summed E-state index contributed by atoms with van der Waals surface area (Å²) in [5.41, 5.74) is 4.68. The van der Waals surface area contributed by atoms with Crippen LogP contribution in [0.2, 0.25) is 0 Å². The molecule has 5 nitrogen and oxygen atoms in total. The molecule has 3 aromatic rings. The maximum atomic E-state index is 13.8. The lowest BCUT2D eigenvalue weighted by Crippen LogP contribution is -2.48. The maximum Gasteiger partial charge on any atom is 0.227 e. The lowest BCUT2D eigenvalue weighted by molar-refractivity contribution is -0.132. The van der Waals surface area contributed by atoms with E-state index in [1.807, 2.05) is 42.3 Å². The number of hydrogen-bond acceptors (Lipinski definition) is 4. The lowest BCUT2D eigenvalue weighted by atomic mass is 9.81. The Labute approximate surface area is 187 Å². The molecule has 32 heavy (non-hydrogen) atoms. The van der Waals surface area contributed by atoms with Crippen LogP contribution in [-0.2, 0) is 11.2 Å². The minimum atomic E-state index is -0.273. The van der Waals surface area contributed by atoms with Gasteiger partial charge in [-0.15, -0.1) is 0 Å². The number of carbonyl (C=O) groups excluding carboxylic acids is 1. The SMILES string of the molecule is CN1c2ccc(-c3cccc(F)c3)cc2[C@@H]2[C@@H](CCN2C(=O)Cc2cccnc2)[C@@H]1CO.